The van der Waals surface area contributed by atoms with Gasteiger partial charge in [0, 0.05) is 35.0 Å². The van der Waals surface area contributed by atoms with Gasteiger partial charge in [-0.2, -0.15) is 0 Å². The normalized spacial score (nSPS) is 12.9. The molecule has 156 valence electrons. The summed E-state index contributed by atoms with van der Waals surface area (Å²) in [5.74, 6) is 0.222. The van der Waals surface area contributed by atoms with E-state index in [4.69, 9.17) is 0 Å². The predicted molar refractivity (Wildman–Crippen MR) is 119 cm³/mol. The molecule has 1 aliphatic carbocycles. The third-order valence-corrected chi connectivity index (χ3v) is 6.36. The summed E-state index contributed by atoms with van der Waals surface area (Å²) in [5.41, 5.74) is 2.38. The number of aromatic amines is 1. The Balaban J connectivity index is 1.36. The van der Waals surface area contributed by atoms with Gasteiger partial charge < -0.3 is 15.6 Å². The quantitative estimate of drug-likeness (QED) is 0.562. The van der Waals surface area contributed by atoms with E-state index in [2.05, 4.69) is 20.6 Å². The summed E-state index contributed by atoms with van der Waals surface area (Å²) >= 11 is 1.60. The summed E-state index contributed by atoms with van der Waals surface area (Å²) in [5, 5.41) is 6.37. The van der Waals surface area contributed by atoms with Crippen LogP contribution < -0.4 is 16.2 Å². The number of fused-ring (bicyclic) bond motifs is 3. The summed E-state index contributed by atoms with van der Waals surface area (Å²) in [7, 11) is 0. The average molecular weight is 425 g/mol. The summed E-state index contributed by atoms with van der Waals surface area (Å²) in [4.78, 5) is 46.0. The second-order valence-electron chi connectivity index (χ2n) is 7.82. The molecular weight excluding hydrogens is 400 g/mol. The standard InChI is InChI=1S/C22H24N4O3S/c1-12(2)20(28)24-14-8-6-13(7-9-14)23-18(27)11-10-17-25-21(29)19-15-4-3-5-16(15)30-22(19)26-17/h6-9,12H,3-5,10-11H2,1-2H3,(H,23,27)(H,24,28)(H,25,26,29). The molecule has 0 aliphatic heterocycles. The van der Waals surface area contributed by atoms with Gasteiger partial charge in [0.2, 0.25) is 11.8 Å². The number of carbonyl (C=O) groups is 2. The Bertz CT molecular complexity index is 1160. The van der Waals surface area contributed by atoms with Crippen LogP contribution >= 0.6 is 11.3 Å². The van der Waals surface area contributed by atoms with Crippen LogP contribution in [0.3, 0.4) is 0 Å². The number of aryl methyl sites for hydroxylation is 3. The number of hydrogen-bond donors (Lipinski definition) is 3. The van der Waals surface area contributed by atoms with Crippen LogP contribution in [-0.2, 0) is 28.9 Å². The summed E-state index contributed by atoms with van der Waals surface area (Å²) in [6, 6.07) is 6.98. The van der Waals surface area contributed by atoms with Crippen LogP contribution in [-0.4, -0.2) is 21.8 Å². The Morgan fingerprint density at radius 1 is 1.13 bits per heavy atom. The van der Waals surface area contributed by atoms with Gasteiger partial charge in [-0.25, -0.2) is 4.98 Å². The highest BCUT2D eigenvalue weighted by atomic mass is 32.1. The number of carbonyl (C=O) groups excluding carboxylic acids is 2. The van der Waals surface area contributed by atoms with Crippen LogP contribution in [0.15, 0.2) is 29.1 Å². The lowest BCUT2D eigenvalue weighted by Gasteiger charge is -2.09. The highest BCUT2D eigenvalue weighted by Crippen LogP contribution is 2.34. The summed E-state index contributed by atoms with van der Waals surface area (Å²) < 4.78 is 0. The zero-order valence-corrected chi connectivity index (χ0v) is 17.8. The Morgan fingerprint density at radius 3 is 2.53 bits per heavy atom. The maximum absolute atomic E-state index is 12.5. The number of aromatic nitrogens is 2. The van der Waals surface area contributed by atoms with Gasteiger partial charge in [0.15, 0.2) is 0 Å². The first kappa shape index (κ1) is 20.3. The lowest BCUT2D eigenvalue weighted by atomic mass is 10.2. The first-order valence-corrected chi connectivity index (χ1v) is 11.0. The summed E-state index contributed by atoms with van der Waals surface area (Å²) in [6.07, 6.45) is 3.65. The van der Waals surface area contributed by atoms with Gasteiger partial charge in [-0.3, -0.25) is 14.4 Å². The molecular formula is C22H24N4O3S. The van der Waals surface area contributed by atoms with Crippen molar-refractivity contribution in [1.82, 2.24) is 9.97 Å². The predicted octanol–water partition coefficient (Wildman–Crippen LogP) is 3.64. The Morgan fingerprint density at radius 2 is 1.83 bits per heavy atom. The van der Waals surface area contributed by atoms with E-state index in [1.165, 1.54) is 4.88 Å². The molecule has 30 heavy (non-hydrogen) atoms. The van der Waals surface area contributed by atoms with E-state index in [-0.39, 0.29) is 29.7 Å². The topological polar surface area (TPSA) is 104 Å². The molecule has 4 rings (SSSR count). The fourth-order valence-corrected chi connectivity index (χ4v) is 4.83. The molecule has 2 aromatic heterocycles. The van der Waals surface area contributed by atoms with Crippen molar-refractivity contribution in [1.29, 1.82) is 0 Å². The number of amides is 2. The van der Waals surface area contributed by atoms with E-state index in [0.29, 0.717) is 23.6 Å². The fourth-order valence-electron chi connectivity index (χ4n) is 3.54. The number of nitrogens with zero attached hydrogens (tertiary/aromatic N) is 1. The van der Waals surface area contributed by atoms with Gasteiger partial charge in [0.25, 0.3) is 5.56 Å². The third-order valence-electron chi connectivity index (χ3n) is 5.17. The van der Waals surface area contributed by atoms with Gasteiger partial charge in [-0.05, 0) is 49.1 Å². The van der Waals surface area contributed by atoms with Crippen LogP contribution in [0.2, 0.25) is 0 Å². The molecule has 0 fully saturated rings. The zero-order valence-electron chi connectivity index (χ0n) is 17.0. The van der Waals surface area contributed by atoms with Crippen molar-refractivity contribution >= 4 is 44.7 Å². The van der Waals surface area contributed by atoms with E-state index in [9.17, 15) is 14.4 Å². The molecule has 0 unspecified atom stereocenters. The molecule has 3 N–H and O–H groups in total. The molecule has 1 aromatic carbocycles. The van der Waals surface area contributed by atoms with E-state index >= 15 is 0 Å². The minimum Gasteiger partial charge on any atom is -0.326 e. The SMILES string of the molecule is CC(C)C(=O)Nc1ccc(NC(=O)CCc2nc3sc4c(c3c(=O)[nH]2)CCC4)cc1. The Labute approximate surface area is 177 Å². The molecule has 0 radical (unpaired) electrons. The number of hydrogen-bond acceptors (Lipinski definition) is 5. The van der Waals surface area contributed by atoms with Gasteiger partial charge >= 0.3 is 0 Å². The van der Waals surface area contributed by atoms with Crippen LogP contribution in [0.5, 0.6) is 0 Å². The van der Waals surface area contributed by atoms with Crippen LogP contribution in [0.25, 0.3) is 10.2 Å². The Hall–Kier alpha value is -3.00. The Kier molecular flexibility index (Phi) is 5.67. The lowest BCUT2D eigenvalue weighted by Crippen LogP contribution is -2.18. The third kappa shape index (κ3) is 4.28. The van der Waals surface area contributed by atoms with Crippen molar-refractivity contribution in [2.75, 3.05) is 10.6 Å². The zero-order chi connectivity index (χ0) is 21.3. The molecule has 2 heterocycles. The van der Waals surface area contributed by atoms with Crippen LogP contribution in [0.1, 0.15) is 43.0 Å². The van der Waals surface area contributed by atoms with Crippen LogP contribution in [0, 0.1) is 5.92 Å². The minimum absolute atomic E-state index is 0.0544. The molecule has 0 bridgehead atoms. The molecule has 0 spiro atoms. The molecule has 3 aromatic rings. The minimum atomic E-state index is -0.162. The van der Waals surface area contributed by atoms with Gasteiger partial charge in [-0.15, -0.1) is 11.3 Å². The first-order chi connectivity index (χ1) is 14.4. The number of nitrogens with one attached hydrogen (secondary N) is 3. The number of H-pyrrole nitrogens is 1. The fraction of sp³-hybridized carbons (Fsp3) is 0.364. The van der Waals surface area contributed by atoms with E-state index in [0.717, 1.165) is 35.0 Å². The van der Waals surface area contributed by atoms with Crippen molar-refractivity contribution in [3.8, 4) is 0 Å². The van der Waals surface area contributed by atoms with Crippen molar-refractivity contribution in [3.05, 3.63) is 50.9 Å². The molecule has 8 heteroatoms. The average Bonchev–Trinajstić information content (AvgIpc) is 3.28. The van der Waals surface area contributed by atoms with Gasteiger partial charge in [-0.1, -0.05) is 13.8 Å². The van der Waals surface area contributed by atoms with Crippen LogP contribution in [0.4, 0.5) is 11.4 Å². The van der Waals surface area contributed by atoms with Crippen molar-refractivity contribution in [2.45, 2.75) is 46.0 Å². The van der Waals surface area contributed by atoms with Gasteiger partial charge in [0.1, 0.15) is 10.7 Å². The second kappa shape index (κ2) is 8.39. The summed E-state index contributed by atoms with van der Waals surface area (Å²) in [6.45, 7) is 3.66. The van der Waals surface area contributed by atoms with E-state index < -0.39 is 0 Å². The molecule has 1 aliphatic rings. The largest absolute Gasteiger partial charge is 0.326 e. The highest BCUT2D eigenvalue weighted by Gasteiger charge is 2.21. The van der Waals surface area contributed by atoms with Crippen molar-refractivity contribution in [3.63, 3.8) is 0 Å². The second-order valence-corrected chi connectivity index (χ2v) is 8.90. The molecule has 0 saturated carbocycles. The molecule has 0 saturated heterocycles. The molecule has 2 amide bonds. The number of rotatable bonds is 6. The number of anilines is 2. The molecule has 7 nitrogen and oxygen atoms in total. The highest BCUT2D eigenvalue weighted by molar-refractivity contribution is 7.18. The number of thiophene rings is 1. The van der Waals surface area contributed by atoms with Gasteiger partial charge in [0.05, 0.1) is 5.39 Å². The first-order valence-electron chi connectivity index (χ1n) is 10.1. The molecule has 0 atom stereocenters. The van der Waals surface area contributed by atoms with Crippen molar-refractivity contribution in [2.24, 2.45) is 5.92 Å². The maximum Gasteiger partial charge on any atom is 0.259 e. The monoisotopic (exact) mass is 424 g/mol. The smallest absolute Gasteiger partial charge is 0.259 e. The lowest BCUT2D eigenvalue weighted by molar-refractivity contribution is -0.119. The van der Waals surface area contributed by atoms with E-state index in [1.54, 1.807) is 35.6 Å². The van der Waals surface area contributed by atoms with Crippen molar-refractivity contribution < 1.29 is 9.59 Å². The number of benzene rings is 1. The maximum atomic E-state index is 12.5. The van der Waals surface area contributed by atoms with E-state index in [1.807, 2.05) is 13.8 Å².